The SMILES string of the molecule is COc1ccc2nc(C)c(C(=O)NS(C)(=O)=O)cc2c1. The van der Waals surface area contributed by atoms with Crippen LogP contribution in [0.25, 0.3) is 10.9 Å². The van der Waals surface area contributed by atoms with Crippen LogP contribution < -0.4 is 9.46 Å². The van der Waals surface area contributed by atoms with Gasteiger partial charge in [-0.2, -0.15) is 0 Å². The van der Waals surface area contributed by atoms with Gasteiger partial charge in [-0.15, -0.1) is 0 Å². The van der Waals surface area contributed by atoms with Crippen molar-refractivity contribution in [2.75, 3.05) is 13.4 Å². The summed E-state index contributed by atoms with van der Waals surface area (Å²) in [5.74, 6) is -0.0557. The van der Waals surface area contributed by atoms with E-state index in [0.29, 0.717) is 22.3 Å². The van der Waals surface area contributed by atoms with Crippen LogP contribution in [0.1, 0.15) is 16.1 Å². The topological polar surface area (TPSA) is 85.4 Å². The lowest BCUT2D eigenvalue weighted by atomic mass is 10.1. The quantitative estimate of drug-likeness (QED) is 0.920. The molecule has 0 atom stereocenters. The molecule has 0 unspecified atom stereocenters. The van der Waals surface area contributed by atoms with E-state index in [1.165, 1.54) is 0 Å². The minimum Gasteiger partial charge on any atom is -0.497 e. The van der Waals surface area contributed by atoms with Crippen molar-refractivity contribution in [2.45, 2.75) is 6.92 Å². The zero-order chi connectivity index (χ0) is 14.9. The van der Waals surface area contributed by atoms with Crippen molar-refractivity contribution in [3.63, 3.8) is 0 Å². The van der Waals surface area contributed by atoms with Gasteiger partial charge in [-0.1, -0.05) is 0 Å². The van der Waals surface area contributed by atoms with Gasteiger partial charge in [0.25, 0.3) is 5.91 Å². The van der Waals surface area contributed by atoms with Crippen molar-refractivity contribution in [1.29, 1.82) is 0 Å². The molecule has 2 rings (SSSR count). The second-order valence-corrected chi connectivity index (χ2v) is 6.13. The molecule has 6 nitrogen and oxygen atoms in total. The molecule has 20 heavy (non-hydrogen) atoms. The summed E-state index contributed by atoms with van der Waals surface area (Å²) < 4.78 is 29.3. The normalized spacial score (nSPS) is 11.3. The summed E-state index contributed by atoms with van der Waals surface area (Å²) >= 11 is 0. The van der Waals surface area contributed by atoms with E-state index in [0.717, 1.165) is 6.26 Å². The van der Waals surface area contributed by atoms with Crippen LogP contribution in [-0.2, 0) is 10.0 Å². The zero-order valence-electron chi connectivity index (χ0n) is 11.3. The van der Waals surface area contributed by atoms with Crippen molar-refractivity contribution in [2.24, 2.45) is 0 Å². The van der Waals surface area contributed by atoms with E-state index in [1.54, 1.807) is 38.3 Å². The molecule has 0 aliphatic rings. The summed E-state index contributed by atoms with van der Waals surface area (Å²) in [5.41, 5.74) is 1.39. The van der Waals surface area contributed by atoms with E-state index < -0.39 is 15.9 Å². The Morgan fingerprint density at radius 3 is 2.60 bits per heavy atom. The Hall–Kier alpha value is -2.15. The first-order valence-electron chi connectivity index (χ1n) is 5.77. The fourth-order valence-electron chi connectivity index (χ4n) is 1.83. The highest BCUT2D eigenvalue weighted by molar-refractivity contribution is 7.89. The number of ether oxygens (including phenoxy) is 1. The van der Waals surface area contributed by atoms with Gasteiger partial charge in [-0.25, -0.2) is 13.1 Å². The van der Waals surface area contributed by atoms with Crippen LogP contribution in [-0.4, -0.2) is 32.7 Å². The second kappa shape index (κ2) is 5.09. The van der Waals surface area contributed by atoms with Crippen LogP contribution >= 0.6 is 0 Å². The third-order valence-electron chi connectivity index (χ3n) is 2.74. The maximum atomic E-state index is 11.9. The average molecular weight is 294 g/mol. The van der Waals surface area contributed by atoms with Crippen LogP contribution in [0.5, 0.6) is 5.75 Å². The zero-order valence-corrected chi connectivity index (χ0v) is 12.1. The molecule has 0 aliphatic heterocycles. The van der Waals surface area contributed by atoms with E-state index >= 15 is 0 Å². The van der Waals surface area contributed by atoms with Crippen molar-refractivity contribution in [1.82, 2.24) is 9.71 Å². The molecule has 0 fully saturated rings. The van der Waals surface area contributed by atoms with Crippen LogP contribution in [0.3, 0.4) is 0 Å². The molecule has 1 amide bonds. The van der Waals surface area contributed by atoms with Crippen LogP contribution in [0.2, 0.25) is 0 Å². The van der Waals surface area contributed by atoms with E-state index in [4.69, 9.17) is 4.74 Å². The summed E-state index contributed by atoms with van der Waals surface area (Å²) in [5, 5.41) is 0.702. The highest BCUT2D eigenvalue weighted by Crippen LogP contribution is 2.21. The van der Waals surface area contributed by atoms with E-state index in [1.807, 2.05) is 4.72 Å². The first-order chi connectivity index (χ1) is 9.30. The number of sulfonamides is 1. The van der Waals surface area contributed by atoms with Crippen molar-refractivity contribution < 1.29 is 17.9 Å². The molecule has 1 aromatic carbocycles. The van der Waals surface area contributed by atoms with Crippen LogP contribution in [0, 0.1) is 6.92 Å². The first kappa shape index (κ1) is 14.3. The predicted octanol–water partition coefficient (Wildman–Crippen LogP) is 1.24. The van der Waals surface area contributed by atoms with Crippen LogP contribution in [0.15, 0.2) is 24.3 Å². The van der Waals surface area contributed by atoms with Crippen LogP contribution in [0.4, 0.5) is 0 Å². The first-order valence-corrected chi connectivity index (χ1v) is 7.67. The van der Waals surface area contributed by atoms with Gasteiger partial charge < -0.3 is 4.74 Å². The minimum absolute atomic E-state index is 0.219. The fourth-order valence-corrected chi connectivity index (χ4v) is 2.28. The second-order valence-electron chi connectivity index (χ2n) is 4.38. The molecule has 0 aliphatic carbocycles. The number of aromatic nitrogens is 1. The predicted molar refractivity (Wildman–Crippen MR) is 75.3 cm³/mol. The van der Waals surface area contributed by atoms with Gasteiger partial charge >= 0.3 is 0 Å². The van der Waals surface area contributed by atoms with Gasteiger partial charge in [0.2, 0.25) is 10.0 Å². The number of pyridine rings is 1. The molecular formula is C13H14N2O4S. The Bertz CT molecular complexity index is 784. The van der Waals surface area contributed by atoms with Gasteiger partial charge in [0.05, 0.1) is 30.1 Å². The summed E-state index contributed by atoms with van der Waals surface area (Å²) in [6.07, 6.45) is 0.928. The lowest BCUT2D eigenvalue weighted by Crippen LogP contribution is -2.30. The summed E-state index contributed by atoms with van der Waals surface area (Å²) in [7, 11) is -2.06. The number of hydrogen-bond donors (Lipinski definition) is 1. The molecule has 0 bridgehead atoms. The maximum Gasteiger partial charge on any atom is 0.266 e. The van der Waals surface area contributed by atoms with E-state index in [-0.39, 0.29) is 5.56 Å². The number of rotatable bonds is 3. The van der Waals surface area contributed by atoms with Gasteiger partial charge in [0.15, 0.2) is 0 Å². The highest BCUT2D eigenvalue weighted by atomic mass is 32.2. The monoisotopic (exact) mass is 294 g/mol. The molecule has 1 N–H and O–H groups in total. The molecule has 0 saturated heterocycles. The number of nitrogens with one attached hydrogen (secondary N) is 1. The van der Waals surface area contributed by atoms with Crippen molar-refractivity contribution in [3.8, 4) is 5.75 Å². The number of carbonyl (C=O) groups excluding carboxylic acids is 1. The Kier molecular flexibility index (Phi) is 3.63. The van der Waals surface area contributed by atoms with E-state index in [2.05, 4.69) is 4.98 Å². The number of nitrogens with zero attached hydrogens (tertiary/aromatic N) is 1. The molecule has 1 aromatic heterocycles. The van der Waals surface area contributed by atoms with Crippen molar-refractivity contribution >= 4 is 26.8 Å². The Labute approximate surface area is 116 Å². The number of benzene rings is 1. The standard InChI is InChI=1S/C13H14N2O4S/c1-8-11(13(16)15-20(3,17)18)7-9-6-10(19-2)4-5-12(9)14-8/h4-7H,1-3H3,(H,15,16). The number of amides is 1. The maximum absolute atomic E-state index is 11.9. The van der Waals surface area contributed by atoms with Gasteiger partial charge in [-0.05, 0) is 31.2 Å². The van der Waals surface area contributed by atoms with Crippen molar-refractivity contribution in [3.05, 3.63) is 35.5 Å². The molecule has 0 saturated carbocycles. The van der Waals surface area contributed by atoms with Gasteiger partial charge in [0.1, 0.15) is 5.75 Å². The minimum atomic E-state index is -3.61. The number of aryl methyl sites for hydroxylation is 1. The average Bonchev–Trinajstić information content (AvgIpc) is 2.35. The molecular weight excluding hydrogens is 280 g/mol. The summed E-state index contributed by atoms with van der Waals surface area (Å²) in [6.45, 7) is 1.65. The number of fused-ring (bicyclic) bond motifs is 1. The summed E-state index contributed by atoms with van der Waals surface area (Å²) in [4.78, 5) is 16.2. The highest BCUT2D eigenvalue weighted by Gasteiger charge is 2.15. The molecule has 0 radical (unpaired) electrons. The fraction of sp³-hybridized carbons (Fsp3) is 0.231. The Morgan fingerprint density at radius 2 is 2.00 bits per heavy atom. The molecule has 1 heterocycles. The number of hydrogen-bond acceptors (Lipinski definition) is 5. The molecule has 0 spiro atoms. The number of carbonyl (C=O) groups is 1. The van der Waals surface area contributed by atoms with E-state index in [9.17, 15) is 13.2 Å². The van der Waals surface area contributed by atoms with Gasteiger partial charge in [-0.3, -0.25) is 9.78 Å². The lowest BCUT2D eigenvalue weighted by molar-refractivity contribution is 0.0981. The Balaban J connectivity index is 2.53. The third-order valence-corrected chi connectivity index (χ3v) is 3.29. The summed E-state index contributed by atoms with van der Waals surface area (Å²) in [6, 6.07) is 6.88. The van der Waals surface area contributed by atoms with Gasteiger partial charge in [0, 0.05) is 5.39 Å². The Morgan fingerprint density at radius 1 is 1.30 bits per heavy atom. The largest absolute Gasteiger partial charge is 0.497 e. The number of methoxy groups -OCH3 is 1. The lowest BCUT2D eigenvalue weighted by Gasteiger charge is -2.08. The smallest absolute Gasteiger partial charge is 0.266 e. The molecule has 7 heteroatoms. The molecule has 106 valence electrons. The third kappa shape index (κ3) is 3.05. The molecule has 2 aromatic rings.